The number of ketones is 1. The predicted molar refractivity (Wildman–Crippen MR) is 74.3 cm³/mol. The molecule has 1 aromatic rings. The molecule has 108 valence electrons. The SMILES string of the molecule is CNC(=O)C(C)Oc1ccc2c(c1)OC(C)(C)CC2=O. The number of Topliss-reactive ketones (excluding diaryl/α,β-unsaturated/α-hetero) is 1. The van der Waals surface area contributed by atoms with E-state index >= 15 is 0 Å². The highest BCUT2D eigenvalue weighted by atomic mass is 16.5. The first-order valence-electron chi connectivity index (χ1n) is 6.57. The van der Waals surface area contributed by atoms with Crippen LogP contribution in [0.5, 0.6) is 11.5 Å². The lowest BCUT2D eigenvalue weighted by Crippen LogP contribution is -2.36. The van der Waals surface area contributed by atoms with E-state index in [0.717, 1.165) is 0 Å². The molecular formula is C15H19NO4. The molecule has 1 aromatic carbocycles. The smallest absolute Gasteiger partial charge is 0.260 e. The fraction of sp³-hybridized carbons (Fsp3) is 0.467. The number of fused-ring (bicyclic) bond motifs is 1. The lowest BCUT2D eigenvalue weighted by Gasteiger charge is -2.31. The molecule has 0 aromatic heterocycles. The van der Waals surface area contributed by atoms with Crippen LogP contribution in [0, 0.1) is 0 Å². The molecule has 0 saturated carbocycles. The number of benzene rings is 1. The Balaban J connectivity index is 2.24. The van der Waals surface area contributed by atoms with Crippen LogP contribution >= 0.6 is 0 Å². The maximum Gasteiger partial charge on any atom is 0.260 e. The number of carbonyl (C=O) groups excluding carboxylic acids is 2. The van der Waals surface area contributed by atoms with Crippen LogP contribution in [-0.2, 0) is 4.79 Å². The third-order valence-electron chi connectivity index (χ3n) is 3.15. The normalized spacial score (nSPS) is 17.7. The number of hydrogen-bond donors (Lipinski definition) is 1. The van der Waals surface area contributed by atoms with Crippen molar-refractivity contribution in [2.75, 3.05) is 7.05 Å². The molecular weight excluding hydrogens is 258 g/mol. The molecule has 1 unspecified atom stereocenters. The zero-order valence-corrected chi connectivity index (χ0v) is 12.1. The number of likely N-dealkylation sites (N-methyl/N-ethyl adjacent to an activating group) is 1. The summed E-state index contributed by atoms with van der Waals surface area (Å²) < 4.78 is 11.3. The van der Waals surface area contributed by atoms with Crippen LogP contribution in [-0.4, -0.2) is 30.4 Å². The number of hydrogen-bond acceptors (Lipinski definition) is 4. The standard InChI is InChI=1S/C15H19NO4/c1-9(14(18)16-4)19-10-5-6-11-12(17)8-15(2,3)20-13(11)7-10/h5-7,9H,8H2,1-4H3,(H,16,18). The van der Waals surface area contributed by atoms with Gasteiger partial charge in [0.15, 0.2) is 11.9 Å². The van der Waals surface area contributed by atoms with Crippen molar-refractivity contribution in [3.05, 3.63) is 23.8 Å². The highest BCUT2D eigenvalue weighted by Gasteiger charge is 2.32. The summed E-state index contributed by atoms with van der Waals surface area (Å²) in [6, 6.07) is 5.02. The first-order valence-corrected chi connectivity index (χ1v) is 6.57. The van der Waals surface area contributed by atoms with Crippen LogP contribution in [0.2, 0.25) is 0 Å². The molecule has 1 atom stereocenters. The molecule has 20 heavy (non-hydrogen) atoms. The zero-order chi connectivity index (χ0) is 14.9. The second-order valence-corrected chi connectivity index (χ2v) is 5.49. The molecule has 5 nitrogen and oxygen atoms in total. The van der Waals surface area contributed by atoms with Crippen molar-refractivity contribution >= 4 is 11.7 Å². The monoisotopic (exact) mass is 277 g/mol. The molecule has 0 radical (unpaired) electrons. The lowest BCUT2D eigenvalue weighted by atomic mass is 9.93. The predicted octanol–water partition coefficient (Wildman–Crippen LogP) is 1.94. The van der Waals surface area contributed by atoms with Crippen molar-refractivity contribution in [3.63, 3.8) is 0 Å². The first-order chi connectivity index (χ1) is 9.32. The van der Waals surface area contributed by atoms with Gasteiger partial charge in [-0.05, 0) is 32.9 Å². The summed E-state index contributed by atoms with van der Waals surface area (Å²) in [5, 5.41) is 2.52. The van der Waals surface area contributed by atoms with Crippen LogP contribution in [0.4, 0.5) is 0 Å². The van der Waals surface area contributed by atoms with Crippen molar-refractivity contribution in [2.24, 2.45) is 0 Å². The van der Waals surface area contributed by atoms with E-state index in [1.165, 1.54) is 0 Å². The first kappa shape index (κ1) is 14.4. The average molecular weight is 277 g/mol. The molecule has 0 saturated heterocycles. The van der Waals surface area contributed by atoms with E-state index < -0.39 is 11.7 Å². The number of rotatable bonds is 3. The van der Waals surface area contributed by atoms with Gasteiger partial charge < -0.3 is 14.8 Å². The van der Waals surface area contributed by atoms with E-state index in [1.54, 1.807) is 32.2 Å². The minimum atomic E-state index is -0.606. The molecule has 1 N–H and O–H groups in total. The zero-order valence-electron chi connectivity index (χ0n) is 12.1. The van der Waals surface area contributed by atoms with Crippen LogP contribution in [0.15, 0.2) is 18.2 Å². The fourth-order valence-corrected chi connectivity index (χ4v) is 2.17. The van der Waals surface area contributed by atoms with Crippen LogP contribution in [0.1, 0.15) is 37.6 Å². The van der Waals surface area contributed by atoms with Crippen molar-refractivity contribution in [1.82, 2.24) is 5.32 Å². The second kappa shape index (κ2) is 5.15. The average Bonchev–Trinajstić information content (AvgIpc) is 2.35. The number of amides is 1. The molecule has 1 aliphatic rings. The molecule has 1 aliphatic heterocycles. The maximum atomic E-state index is 12.0. The molecule has 5 heteroatoms. The highest BCUT2D eigenvalue weighted by molar-refractivity contribution is 6.00. The summed E-state index contributed by atoms with van der Waals surface area (Å²) >= 11 is 0. The quantitative estimate of drug-likeness (QED) is 0.917. The molecule has 0 fully saturated rings. The van der Waals surface area contributed by atoms with Crippen molar-refractivity contribution in [2.45, 2.75) is 38.9 Å². The van der Waals surface area contributed by atoms with E-state index in [4.69, 9.17) is 9.47 Å². The largest absolute Gasteiger partial charge is 0.486 e. The molecule has 1 heterocycles. The Labute approximate surface area is 118 Å². The summed E-state index contributed by atoms with van der Waals surface area (Å²) in [5.41, 5.74) is 0.0408. The second-order valence-electron chi connectivity index (χ2n) is 5.49. The molecule has 2 rings (SSSR count). The Hall–Kier alpha value is -2.04. The summed E-state index contributed by atoms with van der Waals surface area (Å²) in [6.07, 6.45) is -0.250. The minimum absolute atomic E-state index is 0.0575. The van der Waals surface area contributed by atoms with Crippen LogP contribution in [0.25, 0.3) is 0 Å². The fourth-order valence-electron chi connectivity index (χ4n) is 2.17. The minimum Gasteiger partial charge on any atom is -0.486 e. The van der Waals surface area contributed by atoms with Gasteiger partial charge in [0, 0.05) is 13.1 Å². The third kappa shape index (κ3) is 2.92. The van der Waals surface area contributed by atoms with Gasteiger partial charge in [0.05, 0.1) is 12.0 Å². The Morgan fingerprint density at radius 2 is 2.15 bits per heavy atom. The van der Waals surface area contributed by atoms with Crippen LogP contribution < -0.4 is 14.8 Å². The van der Waals surface area contributed by atoms with Gasteiger partial charge in [0.2, 0.25) is 0 Å². The number of ether oxygens (including phenoxy) is 2. The van der Waals surface area contributed by atoms with E-state index in [-0.39, 0.29) is 11.7 Å². The van der Waals surface area contributed by atoms with Gasteiger partial charge >= 0.3 is 0 Å². The lowest BCUT2D eigenvalue weighted by molar-refractivity contribution is -0.126. The van der Waals surface area contributed by atoms with Gasteiger partial charge in [-0.25, -0.2) is 0 Å². The van der Waals surface area contributed by atoms with E-state index in [9.17, 15) is 9.59 Å². The van der Waals surface area contributed by atoms with E-state index in [0.29, 0.717) is 23.5 Å². The molecule has 0 bridgehead atoms. The van der Waals surface area contributed by atoms with Crippen LogP contribution in [0.3, 0.4) is 0 Å². The Kier molecular flexibility index (Phi) is 3.70. The summed E-state index contributed by atoms with van der Waals surface area (Å²) in [7, 11) is 1.55. The van der Waals surface area contributed by atoms with E-state index in [1.807, 2.05) is 13.8 Å². The Morgan fingerprint density at radius 3 is 2.80 bits per heavy atom. The number of carbonyl (C=O) groups is 2. The van der Waals surface area contributed by atoms with Crippen molar-refractivity contribution in [3.8, 4) is 11.5 Å². The van der Waals surface area contributed by atoms with Gasteiger partial charge in [-0.15, -0.1) is 0 Å². The van der Waals surface area contributed by atoms with Gasteiger partial charge in [0.1, 0.15) is 17.1 Å². The van der Waals surface area contributed by atoms with Crippen molar-refractivity contribution < 1.29 is 19.1 Å². The van der Waals surface area contributed by atoms with Crippen molar-refractivity contribution in [1.29, 1.82) is 0 Å². The van der Waals surface area contributed by atoms with Gasteiger partial charge in [0.25, 0.3) is 5.91 Å². The molecule has 0 spiro atoms. The highest BCUT2D eigenvalue weighted by Crippen LogP contribution is 2.35. The summed E-state index contributed by atoms with van der Waals surface area (Å²) in [6.45, 7) is 5.40. The van der Waals surface area contributed by atoms with Gasteiger partial charge in [-0.1, -0.05) is 0 Å². The third-order valence-corrected chi connectivity index (χ3v) is 3.15. The summed E-state index contributed by atoms with van der Waals surface area (Å²) in [5.74, 6) is 0.861. The molecule has 1 amide bonds. The topological polar surface area (TPSA) is 64.6 Å². The van der Waals surface area contributed by atoms with Gasteiger partial charge in [-0.3, -0.25) is 9.59 Å². The van der Waals surface area contributed by atoms with E-state index in [2.05, 4.69) is 5.32 Å². The Bertz CT molecular complexity index is 551. The maximum absolute atomic E-state index is 12.0. The van der Waals surface area contributed by atoms with Gasteiger partial charge in [-0.2, -0.15) is 0 Å². The summed E-state index contributed by atoms with van der Waals surface area (Å²) in [4.78, 5) is 23.4. The number of nitrogens with one attached hydrogen (secondary N) is 1. The molecule has 0 aliphatic carbocycles. The Morgan fingerprint density at radius 1 is 1.45 bits per heavy atom.